The summed E-state index contributed by atoms with van der Waals surface area (Å²) < 4.78 is 0. The maximum atomic E-state index is 8.89. The van der Waals surface area contributed by atoms with Crippen LogP contribution >= 0.6 is 0 Å². The van der Waals surface area contributed by atoms with E-state index in [1.54, 1.807) is 24.7 Å². The maximum absolute atomic E-state index is 8.89. The third-order valence-corrected chi connectivity index (χ3v) is 2.89. The number of nitrogens with zero attached hydrogens (tertiary/aromatic N) is 4. The summed E-state index contributed by atoms with van der Waals surface area (Å²) in [5.74, 6) is 0.748. The van der Waals surface area contributed by atoms with E-state index in [1.807, 2.05) is 24.4 Å². The number of fused-ring (bicyclic) bond motifs is 1. The first-order valence-corrected chi connectivity index (χ1v) is 6.14. The number of nitrogens with one attached hydrogen (secondary N) is 1. The molecule has 0 fully saturated rings. The van der Waals surface area contributed by atoms with Crippen molar-refractivity contribution in [1.82, 2.24) is 15.0 Å². The van der Waals surface area contributed by atoms with E-state index < -0.39 is 0 Å². The first kappa shape index (κ1) is 12.1. The highest BCUT2D eigenvalue weighted by atomic mass is 15.0. The SMILES string of the molecule is N#Cc1cnc2cnc(NCc3cccnc3)cc2c1. The van der Waals surface area contributed by atoms with E-state index in [9.17, 15) is 0 Å². The summed E-state index contributed by atoms with van der Waals surface area (Å²) in [6, 6.07) is 9.67. The van der Waals surface area contributed by atoms with Crippen LogP contribution in [0.2, 0.25) is 0 Å². The molecule has 0 unspecified atom stereocenters. The molecule has 1 N–H and O–H groups in total. The van der Waals surface area contributed by atoms with Gasteiger partial charge in [0.1, 0.15) is 11.9 Å². The van der Waals surface area contributed by atoms with Crippen LogP contribution in [0.5, 0.6) is 0 Å². The van der Waals surface area contributed by atoms with Crippen molar-refractivity contribution < 1.29 is 0 Å². The van der Waals surface area contributed by atoms with E-state index in [0.717, 1.165) is 22.3 Å². The van der Waals surface area contributed by atoms with Crippen LogP contribution in [0.4, 0.5) is 5.82 Å². The Hall–Kier alpha value is -3.00. The first-order valence-electron chi connectivity index (χ1n) is 6.14. The van der Waals surface area contributed by atoms with Gasteiger partial charge in [0.05, 0.1) is 17.3 Å². The van der Waals surface area contributed by atoms with Crippen molar-refractivity contribution in [3.05, 3.63) is 60.2 Å². The zero-order valence-corrected chi connectivity index (χ0v) is 10.6. The molecule has 3 heterocycles. The second kappa shape index (κ2) is 5.33. The van der Waals surface area contributed by atoms with Crippen LogP contribution in [0.15, 0.2) is 49.1 Å². The van der Waals surface area contributed by atoms with E-state index in [0.29, 0.717) is 12.1 Å². The van der Waals surface area contributed by atoms with Crippen molar-refractivity contribution in [3.8, 4) is 6.07 Å². The Bertz CT molecular complexity index is 777. The molecule has 3 aromatic heterocycles. The molecule has 0 aliphatic heterocycles. The van der Waals surface area contributed by atoms with Crippen LogP contribution in [0.1, 0.15) is 11.1 Å². The molecule has 0 bridgehead atoms. The topological polar surface area (TPSA) is 74.5 Å². The Morgan fingerprint density at radius 2 is 2.10 bits per heavy atom. The molecule has 0 radical (unpaired) electrons. The van der Waals surface area contributed by atoms with Crippen molar-refractivity contribution in [1.29, 1.82) is 5.26 Å². The Morgan fingerprint density at radius 1 is 1.15 bits per heavy atom. The van der Waals surface area contributed by atoms with Gasteiger partial charge in [-0.25, -0.2) is 4.98 Å². The Labute approximate surface area is 116 Å². The minimum Gasteiger partial charge on any atom is -0.366 e. The Morgan fingerprint density at radius 3 is 2.90 bits per heavy atom. The van der Waals surface area contributed by atoms with E-state index in [4.69, 9.17) is 5.26 Å². The van der Waals surface area contributed by atoms with Crippen molar-refractivity contribution in [2.45, 2.75) is 6.54 Å². The van der Waals surface area contributed by atoms with Gasteiger partial charge in [0.15, 0.2) is 0 Å². The highest BCUT2D eigenvalue weighted by Gasteiger charge is 2.01. The summed E-state index contributed by atoms with van der Waals surface area (Å²) >= 11 is 0. The second-order valence-corrected chi connectivity index (χ2v) is 4.31. The van der Waals surface area contributed by atoms with Crippen LogP contribution in [-0.2, 0) is 6.54 Å². The third kappa shape index (κ3) is 2.54. The van der Waals surface area contributed by atoms with Crippen molar-refractivity contribution in [2.75, 3.05) is 5.32 Å². The standard InChI is InChI=1S/C15H11N5/c16-6-12-4-13-5-15(20-10-14(13)18-9-12)19-8-11-2-1-3-17-7-11/h1-5,7,9-10H,8H2,(H,19,20). The number of nitriles is 1. The molecule has 0 amide bonds. The monoisotopic (exact) mass is 261 g/mol. The highest BCUT2D eigenvalue weighted by Crippen LogP contribution is 2.16. The zero-order valence-electron chi connectivity index (χ0n) is 10.6. The van der Waals surface area contributed by atoms with E-state index in [2.05, 4.69) is 26.3 Å². The molecular formula is C15H11N5. The molecule has 0 spiro atoms. The van der Waals surface area contributed by atoms with Crippen LogP contribution in [0.25, 0.3) is 10.9 Å². The van der Waals surface area contributed by atoms with Gasteiger partial charge in [-0.3, -0.25) is 9.97 Å². The molecular weight excluding hydrogens is 250 g/mol. The van der Waals surface area contributed by atoms with E-state index in [-0.39, 0.29) is 0 Å². The van der Waals surface area contributed by atoms with Gasteiger partial charge in [-0.1, -0.05) is 6.07 Å². The van der Waals surface area contributed by atoms with Gasteiger partial charge in [0, 0.05) is 30.5 Å². The zero-order chi connectivity index (χ0) is 13.8. The number of hydrogen-bond acceptors (Lipinski definition) is 5. The van der Waals surface area contributed by atoms with Gasteiger partial charge in [-0.2, -0.15) is 5.26 Å². The van der Waals surface area contributed by atoms with Crippen LogP contribution in [0, 0.1) is 11.3 Å². The lowest BCUT2D eigenvalue weighted by Crippen LogP contribution is -2.01. The fraction of sp³-hybridized carbons (Fsp3) is 0.0667. The molecule has 0 atom stereocenters. The number of hydrogen-bond donors (Lipinski definition) is 1. The van der Waals surface area contributed by atoms with Gasteiger partial charge in [-0.15, -0.1) is 0 Å². The van der Waals surface area contributed by atoms with Crippen molar-refractivity contribution in [3.63, 3.8) is 0 Å². The lowest BCUT2D eigenvalue weighted by atomic mass is 10.2. The molecule has 0 aliphatic carbocycles. The number of anilines is 1. The fourth-order valence-corrected chi connectivity index (χ4v) is 1.88. The average molecular weight is 261 g/mol. The summed E-state index contributed by atoms with van der Waals surface area (Å²) in [5.41, 5.74) is 2.40. The predicted molar refractivity (Wildman–Crippen MR) is 75.8 cm³/mol. The fourth-order valence-electron chi connectivity index (χ4n) is 1.88. The minimum atomic E-state index is 0.543. The third-order valence-electron chi connectivity index (χ3n) is 2.89. The molecule has 0 aromatic carbocycles. The summed E-state index contributed by atoms with van der Waals surface area (Å²) in [7, 11) is 0. The first-order chi connectivity index (χ1) is 9.85. The number of aromatic nitrogens is 3. The normalized spacial score (nSPS) is 10.2. The summed E-state index contributed by atoms with van der Waals surface area (Å²) in [6.07, 6.45) is 6.80. The van der Waals surface area contributed by atoms with Gasteiger partial charge in [-0.05, 0) is 23.8 Å². The van der Waals surface area contributed by atoms with Crippen molar-refractivity contribution in [2.24, 2.45) is 0 Å². The van der Waals surface area contributed by atoms with E-state index >= 15 is 0 Å². The predicted octanol–water partition coefficient (Wildman–Crippen LogP) is 2.51. The Balaban J connectivity index is 1.83. The summed E-state index contributed by atoms with van der Waals surface area (Å²) in [6.45, 7) is 0.651. The molecule has 0 saturated carbocycles. The molecule has 3 rings (SSSR count). The smallest absolute Gasteiger partial charge is 0.126 e. The number of pyridine rings is 3. The molecule has 5 nitrogen and oxygen atoms in total. The molecule has 0 saturated heterocycles. The largest absolute Gasteiger partial charge is 0.366 e. The lowest BCUT2D eigenvalue weighted by molar-refractivity contribution is 1.09. The van der Waals surface area contributed by atoms with Gasteiger partial charge in [0.2, 0.25) is 0 Å². The quantitative estimate of drug-likeness (QED) is 0.784. The number of rotatable bonds is 3. The average Bonchev–Trinajstić information content (AvgIpc) is 2.53. The van der Waals surface area contributed by atoms with Gasteiger partial charge < -0.3 is 5.32 Å². The molecule has 5 heteroatoms. The van der Waals surface area contributed by atoms with E-state index in [1.165, 1.54) is 0 Å². The van der Waals surface area contributed by atoms with Crippen LogP contribution in [-0.4, -0.2) is 15.0 Å². The molecule has 20 heavy (non-hydrogen) atoms. The summed E-state index contributed by atoms with van der Waals surface area (Å²) in [5, 5.41) is 13.0. The minimum absolute atomic E-state index is 0.543. The van der Waals surface area contributed by atoms with Crippen molar-refractivity contribution >= 4 is 16.7 Å². The van der Waals surface area contributed by atoms with Gasteiger partial charge in [0.25, 0.3) is 0 Å². The lowest BCUT2D eigenvalue weighted by Gasteiger charge is -2.06. The van der Waals surface area contributed by atoms with Gasteiger partial charge >= 0.3 is 0 Å². The van der Waals surface area contributed by atoms with Crippen LogP contribution < -0.4 is 5.32 Å². The second-order valence-electron chi connectivity index (χ2n) is 4.31. The van der Waals surface area contributed by atoms with Crippen LogP contribution in [0.3, 0.4) is 0 Å². The molecule has 96 valence electrons. The maximum Gasteiger partial charge on any atom is 0.126 e. The molecule has 0 aliphatic rings. The Kier molecular flexibility index (Phi) is 3.21. The highest BCUT2D eigenvalue weighted by molar-refractivity contribution is 5.81. The summed E-state index contributed by atoms with van der Waals surface area (Å²) in [4.78, 5) is 12.6. The molecule has 3 aromatic rings.